The van der Waals surface area contributed by atoms with Crippen molar-refractivity contribution in [3.63, 3.8) is 0 Å². The largest absolute Gasteiger partial charge is 0.379 e. The van der Waals surface area contributed by atoms with Crippen LogP contribution in [0.3, 0.4) is 0 Å². The molecule has 2 unspecified atom stereocenters. The number of hydrogen-bond donors (Lipinski definition) is 2. The van der Waals surface area contributed by atoms with E-state index >= 15 is 0 Å². The number of nitrogens with two attached hydrogens (primary N) is 1. The Morgan fingerprint density at radius 1 is 1.39 bits per heavy atom. The van der Waals surface area contributed by atoms with Crippen LogP contribution in [0, 0.1) is 19.3 Å². The van der Waals surface area contributed by atoms with Crippen molar-refractivity contribution in [3.8, 4) is 0 Å². The lowest BCUT2D eigenvalue weighted by Crippen LogP contribution is -2.47. The van der Waals surface area contributed by atoms with Gasteiger partial charge >= 0.3 is 0 Å². The number of benzene rings is 1. The van der Waals surface area contributed by atoms with Crippen LogP contribution in [0.4, 0.5) is 5.69 Å². The van der Waals surface area contributed by atoms with Crippen LogP contribution in [0.5, 0.6) is 0 Å². The highest BCUT2D eigenvalue weighted by Gasteiger charge is 2.44. The lowest BCUT2D eigenvalue weighted by Gasteiger charge is -2.25. The Morgan fingerprint density at radius 2 is 2.00 bits per heavy atom. The predicted molar refractivity (Wildman–Crippen MR) is 71.4 cm³/mol. The minimum Gasteiger partial charge on any atom is -0.379 e. The molecule has 0 saturated carbocycles. The molecule has 1 aliphatic heterocycles. The van der Waals surface area contributed by atoms with Gasteiger partial charge in [-0.1, -0.05) is 6.07 Å². The number of hydrogen-bond acceptors (Lipinski definition) is 3. The second kappa shape index (κ2) is 4.71. The number of carbonyl (C=O) groups excluding carboxylic acids is 1. The van der Waals surface area contributed by atoms with E-state index in [0.717, 1.165) is 16.8 Å². The van der Waals surface area contributed by atoms with E-state index in [0.29, 0.717) is 13.2 Å². The van der Waals surface area contributed by atoms with E-state index in [1.807, 2.05) is 32.9 Å². The molecule has 1 aromatic carbocycles. The summed E-state index contributed by atoms with van der Waals surface area (Å²) in [5.41, 5.74) is 8.37. The molecule has 1 aromatic rings. The molecule has 1 saturated heterocycles. The van der Waals surface area contributed by atoms with E-state index < -0.39 is 5.41 Å². The van der Waals surface area contributed by atoms with Gasteiger partial charge in [-0.05, 0) is 44.0 Å². The number of aryl methyl sites for hydroxylation is 2. The lowest BCUT2D eigenvalue weighted by atomic mass is 9.85. The summed E-state index contributed by atoms with van der Waals surface area (Å²) in [6.07, 6.45) is 0. The quantitative estimate of drug-likeness (QED) is 0.835. The molecule has 1 fully saturated rings. The summed E-state index contributed by atoms with van der Waals surface area (Å²) in [5.74, 6) is -0.0718. The van der Waals surface area contributed by atoms with E-state index in [2.05, 4.69) is 11.4 Å². The molecule has 2 atom stereocenters. The molecule has 3 N–H and O–H groups in total. The Kier molecular flexibility index (Phi) is 3.41. The summed E-state index contributed by atoms with van der Waals surface area (Å²) in [6.45, 7) is 6.69. The molecule has 4 nitrogen and oxygen atoms in total. The maximum Gasteiger partial charge on any atom is 0.234 e. The van der Waals surface area contributed by atoms with Crippen molar-refractivity contribution in [2.24, 2.45) is 11.1 Å². The van der Waals surface area contributed by atoms with Crippen LogP contribution < -0.4 is 11.1 Å². The van der Waals surface area contributed by atoms with Crippen LogP contribution in [-0.4, -0.2) is 25.2 Å². The van der Waals surface area contributed by atoms with Gasteiger partial charge < -0.3 is 15.8 Å². The zero-order valence-corrected chi connectivity index (χ0v) is 11.1. The Labute approximate surface area is 108 Å². The summed E-state index contributed by atoms with van der Waals surface area (Å²) in [4.78, 5) is 12.3. The summed E-state index contributed by atoms with van der Waals surface area (Å²) in [7, 11) is 0. The average Bonchev–Trinajstić information content (AvgIpc) is 2.59. The molecule has 0 bridgehead atoms. The topological polar surface area (TPSA) is 64.3 Å². The standard InChI is InChI=1S/C14H20N2O2/c1-9-4-10(2)6-11(5-9)16-13(17)14(3)8-18-7-12(14)15/h4-6,12H,7-8,15H2,1-3H3,(H,16,17). The van der Waals surface area contributed by atoms with E-state index in [-0.39, 0.29) is 11.9 Å². The molecular weight excluding hydrogens is 228 g/mol. The highest BCUT2D eigenvalue weighted by atomic mass is 16.5. The lowest BCUT2D eigenvalue weighted by molar-refractivity contribution is -0.125. The highest BCUT2D eigenvalue weighted by molar-refractivity contribution is 5.96. The van der Waals surface area contributed by atoms with E-state index in [4.69, 9.17) is 10.5 Å². The minimum absolute atomic E-state index is 0.0718. The number of ether oxygens (including phenoxy) is 1. The van der Waals surface area contributed by atoms with Gasteiger partial charge in [-0.15, -0.1) is 0 Å². The molecule has 1 aliphatic rings. The third kappa shape index (κ3) is 2.40. The van der Waals surface area contributed by atoms with Crippen molar-refractivity contribution >= 4 is 11.6 Å². The molecule has 0 spiro atoms. The van der Waals surface area contributed by atoms with E-state index in [9.17, 15) is 4.79 Å². The highest BCUT2D eigenvalue weighted by Crippen LogP contribution is 2.29. The smallest absolute Gasteiger partial charge is 0.234 e. The summed E-state index contributed by atoms with van der Waals surface area (Å²) < 4.78 is 5.29. The zero-order chi connectivity index (χ0) is 13.3. The first kappa shape index (κ1) is 13.1. The normalized spacial score (nSPS) is 27.2. The maximum atomic E-state index is 12.3. The van der Waals surface area contributed by atoms with Crippen molar-refractivity contribution in [1.29, 1.82) is 0 Å². The number of carbonyl (C=O) groups is 1. The van der Waals surface area contributed by atoms with Crippen LogP contribution >= 0.6 is 0 Å². The van der Waals surface area contributed by atoms with Crippen molar-refractivity contribution < 1.29 is 9.53 Å². The first-order valence-corrected chi connectivity index (χ1v) is 6.15. The second-order valence-electron chi connectivity index (χ2n) is 5.37. The first-order valence-electron chi connectivity index (χ1n) is 6.15. The van der Waals surface area contributed by atoms with E-state index in [1.165, 1.54) is 0 Å². The Balaban J connectivity index is 2.16. The van der Waals surface area contributed by atoms with Crippen molar-refractivity contribution in [3.05, 3.63) is 29.3 Å². The number of rotatable bonds is 2. The van der Waals surface area contributed by atoms with Gasteiger partial charge in [0, 0.05) is 11.7 Å². The van der Waals surface area contributed by atoms with E-state index in [1.54, 1.807) is 0 Å². The summed E-state index contributed by atoms with van der Waals surface area (Å²) in [6, 6.07) is 5.73. The number of nitrogens with one attached hydrogen (secondary N) is 1. The Hall–Kier alpha value is -1.39. The van der Waals surface area contributed by atoms with Crippen LogP contribution in [0.2, 0.25) is 0 Å². The second-order valence-corrected chi connectivity index (χ2v) is 5.37. The average molecular weight is 248 g/mol. The molecule has 4 heteroatoms. The Bertz CT molecular complexity index is 453. The molecule has 98 valence electrons. The molecule has 18 heavy (non-hydrogen) atoms. The number of amides is 1. The van der Waals surface area contributed by atoms with Gasteiger partial charge in [-0.2, -0.15) is 0 Å². The van der Waals surface area contributed by atoms with Crippen LogP contribution in [0.1, 0.15) is 18.1 Å². The maximum absolute atomic E-state index is 12.3. The van der Waals surface area contributed by atoms with Crippen molar-refractivity contribution in [1.82, 2.24) is 0 Å². The van der Waals surface area contributed by atoms with Gasteiger partial charge in [0.25, 0.3) is 0 Å². The minimum atomic E-state index is -0.641. The third-order valence-corrected chi connectivity index (χ3v) is 3.52. The summed E-state index contributed by atoms with van der Waals surface area (Å²) in [5, 5.41) is 2.94. The first-order chi connectivity index (χ1) is 8.41. The molecule has 1 amide bonds. The van der Waals surface area contributed by atoms with Gasteiger partial charge in [0.15, 0.2) is 0 Å². The molecule has 2 rings (SSSR count). The fourth-order valence-electron chi connectivity index (χ4n) is 2.24. The van der Waals surface area contributed by atoms with Crippen molar-refractivity contribution in [2.75, 3.05) is 18.5 Å². The molecule has 0 aliphatic carbocycles. The summed E-state index contributed by atoms with van der Waals surface area (Å²) >= 11 is 0. The van der Waals surface area contributed by atoms with Crippen LogP contribution in [0.25, 0.3) is 0 Å². The van der Waals surface area contributed by atoms with Crippen LogP contribution in [0.15, 0.2) is 18.2 Å². The Morgan fingerprint density at radius 3 is 2.50 bits per heavy atom. The predicted octanol–water partition coefficient (Wildman–Crippen LogP) is 1.61. The SMILES string of the molecule is Cc1cc(C)cc(NC(=O)C2(C)COCC2N)c1. The monoisotopic (exact) mass is 248 g/mol. The van der Waals surface area contributed by atoms with Crippen molar-refractivity contribution in [2.45, 2.75) is 26.8 Å². The zero-order valence-electron chi connectivity index (χ0n) is 11.1. The molecule has 1 heterocycles. The molecule has 0 aromatic heterocycles. The molecular formula is C14H20N2O2. The van der Waals surface area contributed by atoms with Gasteiger partial charge in [0.1, 0.15) is 0 Å². The molecule has 0 radical (unpaired) electrons. The van der Waals surface area contributed by atoms with Gasteiger partial charge in [0.05, 0.1) is 18.6 Å². The van der Waals surface area contributed by atoms with Crippen LogP contribution in [-0.2, 0) is 9.53 Å². The fraction of sp³-hybridized carbons (Fsp3) is 0.500. The van der Waals surface area contributed by atoms with Gasteiger partial charge in [-0.25, -0.2) is 0 Å². The third-order valence-electron chi connectivity index (χ3n) is 3.52. The number of anilines is 1. The van der Waals surface area contributed by atoms with Gasteiger partial charge in [0.2, 0.25) is 5.91 Å². The van der Waals surface area contributed by atoms with Gasteiger partial charge in [-0.3, -0.25) is 4.79 Å². The fourth-order valence-corrected chi connectivity index (χ4v) is 2.24.